The van der Waals surface area contributed by atoms with Crippen LogP contribution in [-0.2, 0) is 17.9 Å². The van der Waals surface area contributed by atoms with Crippen molar-refractivity contribution >= 4 is 5.91 Å². The predicted molar refractivity (Wildman–Crippen MR) is 102 cm³/mol. The molecule has 1 spiro atoms. The van der Waals surface area contributed by atoms with Crippen LogP contribution in [0, 0.1) is 19.3 Å². The maximum Gasteiger partial charge on any atom is 0.220 e. The van der Waals surface area contributed by atoms with Crippen LogP contribution in [0.3, 0.4) is 0 Å². The van der Waals surface area contributed by atoms with Crippen LogP contribution in [0.5, 0.6) is 0 Å². The Kier molecular flexibility index (Phi) is 4.57. The second-order valence-electron chi connectivity index (χ2n) is 8.07. The number of aryl methyl sites for hydroxylation is 1. The lowest BCUT2D eigenvalue weighted by molar-refractivity contribution is -0.119. The smallest absolute Gasteiger partial charge is 0.220 e. The molecule has 2 aliphatic rings. The van der Waals surface area contributed by atoms with Crippen LogP contribution in [0.1, 0.15) is 41.8 Å². The molecular weight excluding hydrogens is 324 g/mol. The molecule has 0 unspecified atom stereocenters. The summed E-state index contributed by atoms with van der Waals surface area (Å²) in [6, 6.07) is 6.46. The highest BCUT2D eigenvalue weighted by molar-refractivity contribution is 5.79. The van der Waals surface area contributed by atoms with E-state index in [1.807, 2.05) is 18.5 Å². The van der Waals surface area contributed by atoms with Gasteiger partial charge in [-0.25, -0.2) is 0 Å². The number of piperidine rings is 1. The molecule has 0 bridgehead atoms. The summed E-state index contributed by atoms with van der Waals surface area (Å²) in [5, 5.41) is 3.02. The number of nitrogens with zero attached hydrogens (tertiary/aromatic N) is 3. The zero-order chi connectivity index (χ0) is 18.1. The summed E-state index contributed by atoms with van der Waals surface area (Å²) < 4.78 is 2.39. The minimum Gasteiger partial charge on any atom is -0.356 e. The number of amides is 1. The number of rotatable bonds is 4. The van der Waals surface area contributed by atoms with E-state index < -0.39 is 0 Å². The lowest BCUT2D eigenvalue weighted by atomic mass is 9.77. The summed E-state index contributed by atoms with van der Waals surface area (Å²) in [5.74, 6) is 0.234. The van der Waals surface area contributed by atoms with E-state index in [2.05, 4.69) is 45.7 Å². The lowest BCUT2D eigenvalue weighted by Gasteiger charge is -2.38. The molecule has 138 valence electrons. The fourth-order valence-electron chi connectivity index (χ4n) is 4.48. The lowest BCUT2D eigenvalue weighted by Crippen LogP contribution is -2.40. The Morgan fingerprint density at radius 3 is 2.69 bits per heavy atom. The molecule has 0 saturated carbocycles. The molecule has 0 atom stereocenters. The molecule has 1 amide bonds. The van der Waals surface area contributed by atoms with Gasteiger partial charge in [-0.3, -0.25) is 14.7 Å². The average Bonchev–Trinajstić information content (AvgIpc) is 3.13. The van der Waals surface area contributed by atoms with Gasteiger partial charge in [0.15, 0.2) is 0 Å². The van der Waals surface area contributed by atoms with Gasteiger partial charge in [0.05, 0.1) is 0 Å². The quantitative estimate of drug-likeness (QED) is 0.920. The van der Waals surface area contributed by atoms with Gasteiger partial charge < -0.3 is 9.88 Å². The van der Waals surface area contributed by atoms with Crippen LogP contribution in [0.2, 0.25) is 0 Å². The van der Waals surface area contributed by atoms with E-state index >= 15 is 0 Å². The molecule has 1 N–H and O–H groups in total. The number of hydrogen-bond donors (Lipinski definition) is 1. The predicted octanol–water partition coefficient (Wildman–Crippen LogP) is 2.65. The second kappa shape index (κ2) is 6.88. The van der Waals surface area contributed by atoms with Crippen molar-refractivity contribution < 1.29 is 4.79 Å². The number of likely N-dealkylation sites (tertiary alicyclic amines) is 1. The van der Waals surface area contributed by atoms with Crippen LogP contribution >= 0.6 is 0 Å². The minimum absolute atomic E-state index is 0.227. The monoisotopic (exact) mass is 352 g/mol. The Balaban J connectivity index is 1.41. The first-order chi connectivity index (χ1) is 12.5. The summed E-state index contributed by atoms with van der Waals surface area (Å²) in [6.07, 6.45) is 6.74. The van der Waals surface area contributed by atoms with Gasteiger partial charge >= 0.3 is 0 Å². The normalized spacial score (nSPS) is 19.8. The number of aromatic nitrogens is 2. The van der Waals surface area contributed by atoms with E-state index in [0.29, 0.717) is 0 Å². The molecule has 2 saturated heterocycles. The van der Waals surface area contributed by atoms with Crippen molar-refractivity contribution in [3.63, 3.8) is 0 Å². The largest absolute Gasteiger partial charge is 0.356 e. The Morgan fingerprint density at radius 2 is 2.04 bits per heavy atom. The highest BCUT2D eigenvalue weighted by atomic mass is 16.1. The molecule has 5 heteroatoms. The number of hydrogen-bond acceptors (Lipinski definition) is 3. The van der Waals surface area contributed by atoms with Crippen molar-refractivity contribution in [2.75, 3.05) is 19.6 Å². The fraction of sp³-hybridized carbons (Fsp3) is 0.524. The van der Waals surface area contributed by atoms with Crippen molar-refractivity contribution in [1.29, 1.82) is 0 Å². The number of carbonyl (C=O) groups excluding carboxylic acids is 1. The molecule has 5 nitrogen and oxygen atoms in total. The molecule has 26 heavy (non-hydrogen) atoms. The fourth-order valence-corrected chi connectivity index (χ4v) is 4.48. The topological polar surface area (TPSA) is 50.2 Å². The Morgan fingerprint density at radius 1 is 1.23 bits per heavy atom. The number of nitrogens with one attached hydrogen (secondary N) is 1. The molecule has 2 aromatic rings. The van der Waals surface area contributed by atoms with Crippen molar-refractivity contribution in [1.82, 2.24) is 19.8 Å². The van der Waals surface area contributed by atoms with E-state index in [-0.39, 0.29) is 11.3 Å². The zero-order valence-corrected chi connectivity index (χ0v) is 15.8. The SMILES string of the molecule is Cc1cc(CN2CCC3(CC2)CNC(=O)C3)c(C)n1Cc1cccnc1. The van der Waals surface area contributed by atoms with E-state index in [1.54, 1.807) is 0 Å². The number of pyridine rings is 1. The Labute approximate surface area is 155 Å². The third kappa shape index (κ3) is 3.40. The summed E-state index contributed by atoms with van der Waals surface area (Å²) >= 11 is 0. The molecule has 4 heterocycles. The molecule has 2 aromatic heterocycles. The van der Waals surface area contributed by atoms with Crippen molar-refractivity contribution in [2.24, 2.45) is 5.41 Å². The second-order valence-corrected chi connectivity index (χ2v) is 8.07. The highest BCUT2D eigenvalue weighted by Crippen LogP contribution is 2.37. The number of carbonyl (C=O) groups is 1. The van der Waals surface area contributed by atoms with Crippen LogP contribution in [-0.4, -0.2) is 40.0 Å². The molecule has 2 aliphatic heterocycles. The zero-order valence-electron chi connectivity index (χ0n) is 15.8. The van der Waals surface area contributed by atoms with Gasteiger partial charge in [-0.1, -0.05) is 6.07 Å². The first kappa shape index (κ1) is 17.3. The van der Waals surface area contributed by atoms with Gasteiger partial charge in [0.25, 0.3) is 0 Å². The Bertz CT molecular complexity index is 788. The molecule has 4 rings (SSSR count). The maximum atomic E-state index is 11.6. The maximum absolute atomic E-state index is 11.6. The minimum atomic E-state index is 0.227. The van der Waals surface area contributed by atoms with E-state index in [0.717, 1.165) is 52.0 Å². The van der Waals surface area contributed by atoms with Crippen LogP contribution in [0.4, 0.5) is 0 Å². The molecule has 0 aliphatic carbocycles. The highest BCUT2D eigenvalue weighted by Gasteiger charge is 2.40. The average molecular weight is 352 g/mol. The van der Waals surface area contributed by atoms with Gasteiger partial charge in [-0.05, 0) is 68.5 Å². The van der Waals surface area contributed by atoms with Gasteiger partial charge in [0, 0.05) is 49.8 Å². The van der Waals surface area contributed by atoms with Gasteiger partial charge in [-0.2, -0.15) is 0 Å². The third-order valence-corrected chi connectivity index (χ3v) is 6.25. The molecular formula is C21H28N4O. The standard InChI is InChI=1S/C21H28N4O/c1-16-10-19(17(2)25(16)13-18-4-3-7-22-12-18)14-24-8-5-21(6-9-24)11-20(26)23-15-21/h3-4,7,10,12H,5-6,8-9,11,13-15H2,1-2H3,(H,23,26). The van der Waals surface area contributed by atoms with Crippen LogP contribution in [0.25, 0.3) is 0 Å². The van der Waals surface area contributed by atoms with Crippen LogP contribution in [0.15, 0.2) is 30.6 Å². The molecule has 0 radical (unpaired) electrons. The summed E-state index contributed by atoms with van der Waals surface area (Å²) in [6.45, 7) is 9.34. The summed E-state index contributed by atoms with van der Waals surface area (Å²) in [4.78, 5) is 18.4. The van der Waals surface area contributed by atoms with E-state index in [4.69, 9.17) is 0 Å². The van der Waals surface area contributed by atoms with Crippen molar-refractivity contribution in [3.05, 3.63) is 53.1 Å². The van der Waals surface area contributed by atoms with Crippen LogP contribution < -0.4 is 5.32 Å². The summed E-state index contributed by atoms with van der Waals surface area (Å²) in [7, 11) is 0. The van der Waals surface area contributed by atoms with E-state index in [1.165, 1.54) is 22.5 Å². The van der Waals surface area contributed by atoms with Gasteiger partial charge in [0.2, 0.25) is 5.91 Å². The molecule has 0 aromatic carbocycles. The van der Waals surface area contributed by atoms with Gasteiger partial charge in [-0.15, -0.1) is 0 Å². The first-order valence-electron chi connectivity index (χ1n) is 9.58. The van der Waals surface area contributed by atoms with Crippen molar-refractivity contribution in [2.45, 2.75) is 46.2 Å². The Hall–Kier alpha value is -2.14. The van der Waals surface area contributed by atoms with E-state index in [9.17, 15) is 4.79 Å². The summed E-state index contributed by atoms with van der Waals surface area (Å²) in [5.41, 5.74) is 5.54. The van der Waals surface area contributed by atoms with Gasteiger partial charge in [0.1, 0.15) is 0 Å². The van der Waals surface area contributed by atoms with Crippen molar-refractivity contribution in [3.8, 4) is 0 Å². The third-order valence-electron chi connectivity index (χ3n) is 6.25. The first-order valence-corrected chi connectivity index (χ1v) is 9.58. The molecule has 2 fully saturated rings.